The van der Waals surface area contributed by atoms with Gasteiger partial charge in [0.25, 0.3) is 0 Å². The lowest BCUT2D eigenvalue weighted by Crippen LogP contribution is -2.19. The number of halogens is 1. The molecular formula is C14H15ClN2O4. The molecule has 0 unspecified atom stereocenters. The molecule has 1 aliphatic rings. The fourth-order valence-electron chi connectivity index (χ4n) is 2.57. The zero-order valence-corrected chi connectivity index (χ0v) is 12.3. The van der Waals surface area contributed by atoms with Crippen molar-refractivity contribution in [2.75, 3.05) is 5.32 Å². The number of hydrogen-bond acceptors (Lipinski definition) is 3. The molecule has 6 nitrogen and oxygen atoms in total. The number of benzene rings is 1. The average molecular weight is 311 g/mol. The van der Waals surface area contributed by atoms with Gasteiger partial charge in [-0.1, -0.05) is 25.4 Å². The van der Waals surface area contributed by atoms with E-state index >= 15 is 0 Å². The Bertz CT molecular complexity index is 642. The molecular weight excluding hydrogens is 296 g/mol. The average Bonchev–Trinajstić information content (AvgIpc) is 2.95. The molecule has 2 atom stereocenters. The lowest BCUT2D eigenvalue weighted by atomic mass is 10.1. The second kappa shape index (κ2) is 5.04. The van der Waals surface area contributed by atoms with Crippen LogP contribution in [0.1, 0.15) is 24.2 Å². The van der Waals surface area contributed by atoms with E-state index in [9.17, 15) is 14.4 Å². The van der Waals surface area contributed by atoms with Crippen LogP contribution in [0.5, 0.6) is 0 Å². The van der Waals surface area contributed by atoms with Crippen molar-refractivity contribution < 1.29 is 19.5 Å². The summed E-state index contributed by atoms with van der Waals surface area (Å²) >= 11 is 5.96. The van der Waals surface area contributed by atoms with Crippen LogP contribution in [0.25, 0.3) is 0 Å². The molecule has 1 saturated carbocycles. The summed E-state index contributed by atoms with van der Waals surface area (Å²) in [7, 11) is 0. The quantitative estimate of drug-likeness (QED) is 0.786. The Labute approximate surface area is 126 Å². The molecule has 0 bridgehead atoms. The molecule has 0 radical (unpaired) electrons. The molecule has 2 rings (SSSR count). The minimum absolute atomic E-state index is 0.208. The second-order valence-electron chi connectivity index (χ2n) is 5.66. The molecule has 0 heterocycles. The molecule has 0 spiro atoms. The lowest BCUT2D eigenvalue weighted by molar-refractivity contribution is -0.140. The van der Waals surface area contributed by atoms with E-state index in [4.69, 9.17) is 22.4 Å². The van der Waals surface area contributed by atoms with E-state index in [1.165, 1.54) is 18.2 Å². The number of carboxylic acid groups (broad SMARTS) is 1. The topological polar surface area (TPSA) is 109 Å². The molecule has 4 N–H and O–H groups in total. The monoisotopic (exact) mass is 310 g/mol. The zero-order valence-electron chi connectivity index (χ0n) is 11.5. The molecule has 21 heavy (non-hydrogen) atoms. The van der Waals surface area contributed by atoms with Gasteiger partial charge in [0.15, 0.2) is 0 Å². The van der Waals surface area contributed by atoms with Gasteiger partial charge in [-0.2, -0.15) is 0 Å². The van der Waals surface area contributed by atoms with E-state index in [0.717, 1.165) is 0 Å². The van der Waals surface area contributed by atoms with E-state index in [1.807, 2.05) is 0 Å². The van der Waals surface area contributed by atoms with Gasteiger partial charge in [-0.15, -0.1) is 0 Å². The Morgan fingerprint density at radius 2 is 1.90 bits per heavy atom. The second-order valence-corrected chi connectivity index (χ2v) is 6.07. The van der Waals surface area contributed by atoms with E-state index in [-0.39, 0.29) is 16.3 Å². The summed E-state index contributed by atoms with van der Waals surface area (Å²) in [4.78, 5) is 34.4. The molecule has 1 fully saturated rings. The van der Waals surface area contributed by atoms with Crippen LogP contribution in [0.2, 0.25) is 5.02 Å². The SMILES string of the molecule is CC1(C)[C@@H](C(=O)O)[C@@H]1C(=O)Nc1cc(C(N)=O)ccc1Cl. The van der Waals surface area contributed by atoms with E-state index in [0.29, 0.717) is 0 Å². The van der Waals surface area contributed by atoms with Gasteiger partial charge < -0.3 is 16.2 Å². The molecule has 1 aromatic rings. The number of carboxylic acids is 1. The van der Waals surface area contributed by atoms with Crippen molar-refractivity contribution in [3.05, 3.63) is 28.8 Å². The highest BCUT2D eigenvalue weighted by atomic mass is 35.5. The molecule has 0 aliphatic heterocycles. The predicted octanol–water partition coefficient (Wildman–Crippen LogP) is 1.73. The van der Waals surface area contributed by atoms with Crippen LogP contribution in [-0.4, -0.2) is 22.9 Å². The van der Waals surface area contributed by atoms with Gasteiger partial charge >= 0.3 is 5.97 Å². The number of nitrogens with two attached hydrogens (primary N) is 1. The first-order valence-corrected chi connectivity index (χ1v) is 6.67. The largest absolute Gasteiger partial charge is 0.481 e. The minimum atomic E-state index is -1.00. The Morgan fingerprint density at radius 1 is 1.29 bits per heavy atom. The summed E-state index contributed by atoms with van der Waals surface area (Å²) in [5, 5.41) is 11.9. The molecule has 1 aliphatic carbocycles. The van der Waals surface area contributed by atoms with Crippen molar-refractivity contribution in [2.24, 2.45) is 23.0 Å². The number of carbonyl (C=O) groups is 3. The van der Waals surface area contributed by atoms with Crippen LogP contribution in [-0.2, 0) is 9.59 Å². The number of hydrogen-bond donors (Lipinski definition) is 3. The van der Waals surface area contributed by atoms with E-state index < -0.39 is 35.0 Å². The Hall–Kier alpha value is -2.08. The summed E-state index contributed by atoms with van der Waals surface area (Å²) in [6.45, 7) is 3.44. The van der Waals surface area contributed by atoms with Crippen molar-refractivity contribution >= 4 is 35.1 Å². The zero-order chi connectivity index (χ0) is 15.9. The fourth-order valence-corrected chi connectivity index (χ4v) is 2.74. The number of rotatable bonds is 4. The Morgan fingerprint density at radius 3 is 2.38 bits per heavy atom. The van der Waals surface area contributed by atoms with Gasteiger partial charge in [-0.3, -0.25) is 14.4 Å². The molecule has 2 amide bonds. The van der Waals surface area contributed by atoms with Crippen LogP contribution in [0.3, 0.4) is 0 Å². The lowest BCUT2D eigenvalue weighted by Gasteiger charge is -2.09. The molecule has 0 aromatic heterocycles. The highest BCUT2D eigenvalue weighted by molar-refractivity contribution is 6.34. The standard InChI is InChI=1S/C14H15ClN2O4/c1-14(2)9(10(14)13(20)21)12(19)17-8-5-6(11(16)18)3-4-7(8)15/h3-5,9-10H,1-2H3,(H2,16,18)(H,17,19)(H,20,21)/t9-,10-/m1/s1. The normalized spacial score (nSPS) is 22.4. The van der Waals surface area contributed by atoms with Gasteiger partial charge in [0.2, 0.25) is 11.8 Å². The van der Waals surface area contributed by atoms with Crippen LogP contribution in [0.15, 0.2) is 18.2 Å². The van der Waals surface area contributed by atoms with E-state index in [2.05, 4.69) is 5.32 Å². The number of amides is 2. The van der Waals surface area contributed by atoms with Crippen LogP contribution in [0, 0.1) is 17.3 Å². The first-order valence-electron chi connectivity index (χ1n) is 6.29. The minimum Gasteiger partial charge on any atom is -0.481 e. The van der Waals surface area contributed by atoms with Gasteiger partial charge in [-0.05, 0) is 23.6 Å². The molecule has 0 saturated heterocycles. The third-order valence-corrected chi connectivity index (χ3v) is 4.21. The fraction of sp³-hybridized carbons (Fsp3) is 0.357. The van der Waals surface area contributed by atoms with Gasteiger partial charge in [0.1, 0.15) is 0 Å². The van der Waals surface area contributed by atoms with Crippen LogP contribution in [0.4, 0.5) is 5.69 Å². The Kier molecular flexibility index (Phi) is 3.67. The van der Waals surface area contributed by atoms with Crippen molar-refractivity contribution in [3.8, 4) is 0 Å². The first kappa shape index (κ1) is 15.3. The maximum absolute atomic E-state index is 12.2. The van der Waals surface area contributed by atoms with Crippen molar-refractivity contribution in [2.45, 2.75) is 13.8 Å². The summed E-state index contributed by atoms with van der Waals surface area (Å²) in [6.07, 6.45) is 0. The van der Waals surface area contributed by atoms with Crippen LogP contribution < -0.4 is 11.1 Å². The third-order valence-electron chi connectivity index (χ3n) is 3.88. The van der Waals surface area contributed by atoms with Crippen LogP contribution >= 0.6 is 11.6 Å². The summed E-state index contributed by atoms with van der Waals surface area (Å²) in [5.74, 6) is -3.44. The van der Waals surface area contributed by atoms with Crippen molar-refractivity contribution in [3.63, 3.8) is 0 Å². The number of carbonyl (C=O) groups excluding carboxylic acids is 2. The van der Waals surface area contributed by atoms with Gasteiger partial charge in [0.05, 0.1) is 22.5 Å². The number of aliphatic carboxylic acids is 1. The highest BCUT2D eigenvalue weighted by Gasteiger charge is 2.65. The highest BCUT2D eigenvalue weighted by Crippen LogP contribution is 2.58. The first-order chi connectivity index (χ1) is 9.66. The smallest absolute Gasteiger partial charge is 0.307 e. The Balaban J connectivity index is 2.20. The third kappa shape index (κ3) is 2.71. The molecule has 112 valence electrons. The van der Waals surface area contributed by atoms with Gasteiger partial charge in [-0.25, -0.2) is 0 Å². The molecule has 1 aromatic carbocycles. The van der Waals surface area contributed by atoms with E-state index in [1.54, 1.807) is 13.8 Å². The summed E-state index contributed by atoms with van der Waals surface area (Å²) in [5.41, 5.74) is 5.01. The number of primary amides is 1. The van der Waals surface area contributed by atoms with Crippen molar-refractivity contribution in [1.29, 1.82) is 0 Å². The summed E-state index contributed by atoms with van der Waals surface area (Å²) in [6, 6.07) is 4.26. The number of nitrogens with one attached hydrogen (secondary N) is 1. The van der Waals surface area contributed by atoms with Crippen molar-refractivity contribution in [1.82, 2.24) is 0 Å². The maximum Gasteiger partial charge on any atom is 0.307 e. The predicted molar refractivity (Wildman–Crippen MR) is 77.0 cm³/mol. The van der Waals surface area contributed by atoms with Gasteiger partial charge in [0, 0.05) is 5.56 Å². The maximum atomic E-state index is 12.2. The number of anilines is 1. The molecule has 7 heteroatoms. The summed E-state index contributed by atoms with van der Waals surface area (Å²) < 4.78 is 0.